The number of carbonyl (C=O) groups is 2. The fourth-order valence-corrected chi connectivity index (χ4v) is 4.96. The molecule has 2 aliphatic heterocycles. The summed E-state index contributed by atoms with van der Waals surface area (Å²) >= 11 is 0. The van der Waals surface area contributed by atoms with Crippen LogP contribution >= 0.6 is 0 Å². The van der Waals surface area contributed by atoms with Crippen LogP contribution in [0.1, 0.15) is 63.9 Å². The van der Waals surface area contributed by atoms with Gasteiger partial charge in [-0.25, -0.2) is 4.39 Å². The topological polar surface area (TPSA) is 40.6 Å². The number of hydrogen-bond acceptors (Lipinski definition) is 2. The van der Waals surface area contributed by atoms with Crippen LogP contribution in [0.15, 0.2) is 18.2 Å². The third-order valence-corrected chi connectivity index (χ3v) is 6.42. The zero-order valence-corrected chi connectivity index (χ0v) is 15.5. The smallest absolute Gasteiger partial charge is 0.249 e. The molecule has 1 saturated heterocycles. The Balaban J connectivity index is 1.64. The average molecular weight is 358 g/mol. The van der Waals surface area contributed by atoms with Gasteiger partial charge >= 0.3 is 0 Å². The highest BCUT2D eigenvalue weighted by molar-refractivity contribution is 6.01. The third-order valence-electron chi connectivity index (χ3n) is 6.42. The molecule has 26 heavy (non-hydrogen) atoms. The molecule has 1 saturated carbocycles. The lowest BCUT2D eigenvalue weighted by atomic mass is 9.65. The number of fused-ring (bicyclic) bond motifs is 2. The van der Waals surface area contributed by atoms with E-state index in [-0.39, 0.29) is 23.0 Å². The van der Waals surface area contributed by atoms with Crippen molar-refractivity contribution < 1.29 is 14.0 Å². The number of benzene rings is 1. The summed E-state index contributed by atoms with van der Waals surface area (Å²) in [5.41, 5.74) is 1.24. The first kappa shape index (κ1) is 17.5. The molecule has 5 heteroatoms. The number of rotatable bonds is 3. The average Bonchev–Trinajstić information content (AvgIpc) is 2.98. The van der Waals surface area contributed by atoms with Crippen molar-refractivity contribution in [1.29, 1.82) is 0 Å². The second-order valence-corrected chi connectivity index (χ2v) is 8.04. The lowest BCUT2D eigenvalue weighted by Crippen LogP contribution is -2.54. The van der Waals surface area contributed by atoms with Crippen molar-refractivity contribution in [2.24, 2.45) is 0 Å². The van der Waals surface area contributed by atoms with E-state index in [1.54, 1.807) is 15.9 Å². The molecule has 4 rings (SSSR count). The molecule has 140 valence electrons. The SMILES string of the molecule is CCCC(=O)N1CCCCC1C(=O)N1CC2(CCC2)c2c(F)cccc21. The van der Waals surface area contributed by atoms with Crippen LogP contribution in [-0.4, -0.2) is 35.8 Å². The molecular weight excluding hydrogens is 331 g/mol. The fraction of sp³-hybridized carbons (Fsp3) is 0.619. The molecule has 1 spiro atoms. The van der Waals surface area contributed by atoms with Crippen molar-refractivity contribution in [2.45, 2.75) is 69.7 Å². The predicted octanol–water partition coefficient (Wildman–Crippen LogP) is 3.78. The van der Waals surface area contributed by atoms with Crippen molar-refractivity contribution >= 4 is 17.5 Å². The number of amides is 2. The molecule has 1 aromatic rings. The molecule has 1 aromatic carbocycles. The van der Waals surface area contributed by atoms with Crippen LogP contribution in [0.4, 0.5) is 10.1 Å². The largest absolute Gasteiger partial charge is 0.331 e. The van der Waals surface area contributed by atoms with E-state index in [0.29, 0.717) is 25.9 Å². The quantitative estimate of drug-likeness (QED) is 0.825. The number of hydrogen-bond donors (Lipinski definition) is 0. The van der Waals surface area contributed by atoms with Gasteiger partial charge < -0.3 is 9.80 Å². The van der Waals surface area contributed by atoms with Crippen molar-refractivity contribution in [3.05, 3.63) is 29.6 Å². The zero-order valence-electron chi connectivity index (χ0n) is 15.5. The lowest BCUT2D eigenvalue weighted by molar-refractivity contribution is -0.141. The predicted molar refractivity (Wildman–Crippen MR) is 98.5 cm³/mol. The van der Waals surface area contributed by atoms with E-state index >= 15 is 0 Å². The summed E-state index contributed by atoms with van der Waals surface area (Å²) in [6.45, 7) is 3.21. The van der Waals surface area contributed by atoms with Crippen molar-refractivity contribution in [1.82, 2.24) is 4.90 Å². The van der Waals surface area contributed by atoms with Gasteiger partial charge in [-0.2, -0.15) is 0 Å². The number of carbonyl (C=O) groups excluding carboxylic acids is 2. The molecule has 0 bridgehead atoms. The standard InChI is InChI=1S/C21H27FN2O2/c1-2-7-18(25)23-13-4-3-9-17(23)20(26)24-14-21(11-6-12-21)19-15(22)8-5-10-16(19)24/h5,8,10,17H,2-4,6-7,9,11-14H2,1H3. The molecule has 2 amide bonds. The minimum absolute atomic E-state index is 0.0234. The van der Waals surface area contributed by atoms with Gasteiger partial charge in [0.1, 0.15) is 11.9 Å². The van der Waals surface area contributed by atoms with Crippen LogP contribution in [0.25, 0.3) is 0 Å². The minimum Gasteiger partial charge on any atom is -0.331 e. The van der Waals surface area contributed by atoms with E-state index in [4.69, 9.17) is 0 Å². The highest BCUT2D eigenvalue weighted by Gasteiger charge is 2.51. The molecular formula is C21H27FN2O2. The van der Waals surface area contributed by atoms with Crippen molar-refractivity contribution in [3.63, 3.8) is 0 Å². The van der Waals surface area contributed by atoms with Crippen molar-refractivity contribution in [2.75, 3.05) is 18.0 Å². The number of anilines is 1. The van der Waals surface area contributed by atoms with Gasteiger partial charge in [0.15, 0.2) is 0 Å². The first-order valence-corrected chi connectivity index (χ1v) is 9.97. The summed E-state index contributed by atoms with van der Waals surface area (Å²) in [5, 5.41) is 0. The normalized spacial score (nSPS) is 23.7. The van der Waals surface area contributed by atoms with E-state index in [9.17, 15) is 14.0 Å². The van der Waals surface area contributed by atoms with Gasteiger partial charge in [0.05, 0.1) is 5.69 Å². The summed E-state index contributed by atoms with van der Waals surface area (Å²) in [4.78, 5) is 29.5. The molecule has 1 atom stereocenters. The van der Waals surface area contributed by atoms with Crippen LogP contribution in [0.5, 0.6) is 0 Å². The molecule has 0 aromatic heterocycles. The summed E-state index contributed by atoms with van der Waals surface area (Å²) < 4.78 is 14.6. The van der Waals surface area contributed by atoms with Gasteiger partial charge in [-0.05, 0) is 50.7 Å². The van der Waals surface area contributed by atoms with Crippen LogP contribution in [-0.2, 0) is 15.0 Å². The second kappa shape index (κ2) is 6.67. The highest BCUT2D eigenvalue weighted by Crippen LogP contribution is 2.53. The van der Waals surface area contributed by atoms with E-state index < -0.39 is 6.04 Å². The number of piperidine rings is 1. The van der Waals surface area contributed by atoms with Gasteiger partial charge in [-0.3, -0.25) is 9.59 Å². The first-order chi connectivity index (χ1) is 12.6. The molecule has 1 unspecified atom stereocenters. The lowest BCUT2D eigenvalue weighted by Gasteiger charge is -2.40. The summed E-state index contributed by atoms with van der Waals surface area (Å²) in [7, 11) is 0. The Kier molecular flexibility index (Phi) is 4.49. The Morgan fingerprint density at radius 1 is 1.23 bits per heavy atom. The Morgan fingerprint density at radius 3 is 2.73 bits per heavy atom. The Labute approximate surface area is 154 Å². The van der Waals surface area contributed by atoms with Crippen LogP contribution in [0.3, 0.4) is 0 Å². The monoisotopic (exact) mass is 358 g/mol. The molecule has 1 aliphatic carbocycles. The highest BCUT2D eigenvalue weighted by atomic mass is 19.1. The second-order valence-electron chi connectivity index (χ2n) is 8.04. The Morgan fingerprint density at radius 2 is 2.04 bits per heavy atom. The van der Waals surface area contributed by atoms with E-state index in [1.807, 2.05) is 13.0 Å². The zero-order chi connectivity index (χ0) is 18.3. The molecule has 2 fully saturated rings. The van der Waals surface area contributed by atoms with Gasteiger partial charge in [-0.15, -0.1) is 0 Å². The van der Waals surface area contributed by atoms with Gasteiger partial charge in [0.2, 0.25) is 11.8 Å². The number of likely N-dealkylation sites (tertiary alicyclic amines) is 1. The van der Waals surface area contributed by atoms with Crippen LogP contribution in [0.2, 0.25) is 0 Å². The summed E-state index contributed by atoms with van der Waals surface area (Å²) in [6, 6.07) is 4.66. The summed E-state index contributed by atoms with van der Waals surface area (Å²) in [5.74, 6) is -0.146. The molecule has 4 nitrogen and oxygen atoms in total. The van der Waals surface area contributed by atoms with E-state index in [1.165, 1.54) is 6.07 Å². The third kappa shape index (κ3) is 2.63. The Bertz CT molecular complexity index is 729. The molecule has 2 heterocycles. The maximum Gasteiger partial charge on any atom is 0.249 e. The maximum absolute atomic E-state index is 14.6. The molecule has 0 radical (unpaired) electrons. The molecule has 0 N–H and O–H groups in total. The number of nitrogens with zero attached hydrogens (tertiary/aromatic N) is 2. The van der Waals surface area contributed by atoms with Gasteiger partial charge in [-0.1, -0.05) is 19.4 Å². The fourth-order valence-electron chi connectivity index (χ4n) is 4.96. The number of halogens is 1. The van der Waals surface area contributed by atoms with Crippen LogP contribution < -0.4 is 4.90 Å². The first-order valence-electron chi connectivity index (χ1n) is 9.97. The minimum atomic E-state index is -0.394. The Hall–Kier alpha value is -1.91. The van der Waals surface area contributed by atoms with E-state index in [2.05, 4.69) is 0 Å². The molecule has 3 aliphatic rings. The maximum atomic E-state index is 14.6. The van der Waals surface area contributed by atoms with Gasteiger partial charge in [0.25, 0.3) is 0 Å². The van der Waals surface area contributed by atoms with E-state index in [0.717, 1.165) is 49.8 Å². The van der Waals surface area contributed by atoms with Crippen LogP contribution in [0, 0.1) is 5.82 Å². The van der Waals surface area contributed by atoms with Crippen molar-refractivity contribution in [3.8, 4) is 0 Å². The summed E-state index contributed by atoms with van der Waals surface area (Å²) in [6.07, 6.45) is 6.86. The van der Waals surface area contributed by atoms with Gasteiger partial charge in [0, 0.05) is 30.5 Å².